The van der Waals surface area contributed by atoms with Gasteiger partial charge >= 0.3 is 5.97 Å². The number of ether oxygens (including phenoxy) is 1. The topological polar surface area (TPSA) is 46.5 Å². The van der Waals surface area contributed by atoms with E-state index in [9.17, 15) is 9.90 Å². The zero-order valence-electron chi connectivity index (χ0n) is 8.38. The van der Waals surface area contributed by atoms with Crippen LogP contribution in [0.4, 0.5) is 0 Å². The fourth-order valence-corrected chi connectivity index (χ4v) is 1.96. The Morgan fingerprint density at radius 3 is 2.54 bits per heavy atom. The van der Waals surface area contributed by atoms with Gasteiger partial charge in [0.25, 0.3) is 0 Å². The second-order valence-electron chi connectivity index (χ2n) is 4.02. The molecule has 1 saturated carbocycles. The monoisotopic (exact) mass is 186 g/mol. The van der Waals surface area contributed by atoms with Crippen molar-refractivity contribution in [1.82, 2.24) is 0 Å². The maximum absolute atomic E-state index is 11.3. The fraction of sp³-hybridized carbons (Fsp3) is 0.900. The molecule has 1 fully saturated rings. The second-order valence-corrected chi connectivity index (χ2v) is 4.02. The zero-order chi connectivity index (χ0) is 9.90. The first-order valence-corrected chi connectivity index (χ1v) is 4.95. The van der Waals surface area contributed by atoms with Crippen molar-refractivity contribution < 1.29 is 14.6 Å². The number of aliphatic hydroxyl groups excluding tert-OH is 1. The number of esters is 1. The third kappa shape index (κ3) is 2.21. The Hall–Kier alpha value is -0.570. The van der Waals surface area contributed by atoms with Crippen LogP contribution in [0.15, 0.2) is 0 Å². The van der Waals surface area contributed by atoms with Crippen molar-refractivity contribution in [2.45, 2.75) is 45.6 Å². The third-order valence-corrected chi connectivity index (χ3v) is 2.92. The van der Waals surface area contributed by atoms with Crippen molar-refractivity contribution >= 4 is 5.97 Å². The lowest BCUT2D eigenvalue weighted by atomic mass is 9.82. The van der Waals surface area contributed by atoms with Crippen LogP contribution in [0.5, 0.6) is 0 Å². The predicted molar refractivity (Wildman–Crippen MR) is 49.2 cm³/mol. The number of rotatable bonds is 3. The molecule has 0 amide bonds. The summed E-state index contributed by atoms with van der Waals surface area (Å²) in [7, 11) is 0. The Labute approximate surface area is 79.1 Å². The number of carbonyl (C=O) groups excluding carboxylic acids is 1. The van der Waals surface area contributed by atoms with Crippen molar-refractivity contribution in [3.05, 3.63) is 0 Å². The molecule has 3 heteroatoms. The summed E-state index contributed by atoms with van der Waals surface area (Å²) in [5, 5.41) is 9.73. The Morgan fingerprint density at radius 1 is 1.54 bits per heavy atom. The lowest BCUT2D eigenvalue weighted by Crippen LogP contribution is -2.37. The molecule has 1 atom stereocenters. The molecule has 1 N–H and O–H groups in total. The average molecular weight is 186 g/mol. The standard InChI is InChI=1S/C10H18O3/c1-3-13-9(12)8(11)10(2)6-4-5-7-10/h8,11H,3-7H2,1-2H3. The molecule has 1 aliphatic carbocycles. The summed E-state index contributed by atoms with van der Waals surface area (Å²) in [5.74, 6) is -0.466. The molecule has 1 unspecified atom stereocenters. The van der Waals surface area contributed by atoms with Gasteiger partial charge < -0.3 is 9.84 Å². The van der Waals surface area contributed by atoms with Crippen LogP contribution >= 0.6 is 0 Å². The van der Waals surface area contributed by atoms with Crippen molar-refractivity contribution in [2.24, 2.45) is 5.41 Å². The van der Waals surface area contributed by atoms with Gasteiger partial charge in [-0.1, -0.05) is 19.8 Å². The molecule has 13 heavy (non-hydrogen) atoms. The van der Waals surface area contributed by atoms with E-state index in [1.165, 1.54) is 0 Å². The number of hydrogen-bond acceptors (Lipinski definition) is 3. The van der Waals surface area contributed by atoms with Gasteiger partial charge in [0.05, 0.1) is 6.61 Å². The van der Waals surface area contributed by atoms with Crippen molar-refractivity contribution in [3.8, 4) is 0 Å². The van der Waals surface area contributed by atoms with Crippen molar-refractivity contribution in [1.29, 1.82) is 0 Å². The Balaban J connectivity index is 2.54. The molecule has 76 valence electrons. The normalized spacial score (nSPS) is 22.7. The van der Waals surface area contributed by atoms with E-state index >= 15 is 0 Å². The van der Waals surface area contributed by atoms with Gasteiger partial charge in [0.15, 0.2) is 6.10 Å². The smallest absolute Gasteiger partial charge is 0.335 e. The highest BCUT2D eigenvalue weighted by atomic mass is 16.5. The third-order valence-electron chi connectivity index (χ3n) is 2.92. The highest BCUT2D eigenvalue weighted by Crippen LogP contribution is 2.40. The summed E-state index contributed by atoms with van der Waals surface area (Å²) < 4.78 is 4.79. The summed E-state index contributed by atoms with van der Waals surface area (Å²) in [6, 6.07) is 0. The van der Waals surface area contributed by atoms with E-state index in [4.69, 9.17) is 4.74 Å². The minimum atomic E-state index is -0.935. The lowest BCUT2D eigenvalue weighted by molar-refractivity contribution is -0.160. The van der Waals surface area contributed by atoms with Crippen LogP contribution < -0.4 is 0 Å². The van der Waals surface area contributed by atoms with Crippen LogP contribution in [0.2, 0.25) is 0 Å². The molecule has 0 spiro atoms. The first-order valence-electron chi connectivity index (χ1n) is 4.95. The molecule has 0 aromatic heterocycles. The average Bonchev–Trinajstić information content (AvgIpc) is 2.52. The first kappa shape index (κ1) is 10.5. The molecule has 0 radical (unpaired) electrons. The molecule has 0 aromatic rings. The van der Waals surface area contributed by atoms with Gasteiger partial charge in [-0.05, 0) is 19.8 Å². The van der Waals surface area contributed by atoms with Gasteiger partial charge in [-0.2, -0.15) is 0 Å². The summed E-state index contributed by atoms with van der Waals surface area (Å²) >= 11 is 0. The van der Waals surface area contributed by atoms with Crippen LogP contribution in [0.3, 0.4) is 0 Å². The molecule has 0 saturated heterocycles. The molecule has 0 heterocycles. The number of hydrogen-bond donors (Lipinski definition) is 1. The van der Waals surface area contributed by atoms with Crippen molar-refractivity contribution in [3.63, 3.8) is 0 Å². The largest absolute Gasteiger partial charge is 0.464 e. The highest BCUT2D eigenvalue weighted by molar-refractivity contribution is 5.75. The van der Waals surface area contributed by atoms with Gasteiger partial charge in [-0.25, -0.2) is 4.79 Å². The van der Waals surface area contributed by atoms with E-state index < -0.39 is 12.1 Å². The van der Waals surface area contributed by atoms with Gasteiger partial charge in [0.1, 0.15) is 0 Å². The summed E-state index contributed by atoms with van der Waals surface area (Å²) in [6.45, 7) is 4.05. The summed E-state index contributed by atoms with van der Waals surface area (Å²) in [4.78, 5) is 11.3. The van der Waals surface area contributed by atoms with E-state index in [0.717, 1.165) is 25.7 Å². The Kier molecular flexibility index (Phi) is 3.31. The van der Waals surface area contributed by atoms with E-state index in [-0.39, 0.29) is 5.41 Å². The van der Waals surface area contributed by atoms with Crippen LogP contribution in [0.25, 0.3) is 0 Å². The Bertz CT molecular complexity index is 183. The molecule has 0 aliphatic heterocycles. The maximum atomic E-state index is 11.3. The molecule has 0 bridgehead atoms. The van der Waals surface area contributed by atoms with Crippen LogP contribution in [0, 0.1) is 5.41 Å². The molecular formula is C10H18O3. The van der Waals surface area contributed by atoms with Crippen LogP contribution in [-0.2, 0) is 9.53 Å². The van der Waals surface area contributed by atoms with Gasteiger partial charge in [0.2, 0.25) is 0 Å². The highest BCUT2D eigenvalue weighted by Gasteiger charge is 2.40. The molecular weight excluding hydrogens is 168 g/mol. The van der Waals surface area contributed by atoms with Crippen LogP contribution in [-0.4, -0.2) is 23.8 Å². The van der Waals surface area contributed by atoms with Gasteiger partial charge in [-0.3, -0.25) is 0 Å². The lowest BCUT2D eigenvalue weighted by Gasteiger charge is -2.27. The molecule has 0 aromatic carbocycles. The molecule has 1 rings (SSSR count). The van der Waals surface area contributed by atoms with E-state index in [1.54, 1.807) is 6.92 Å². The number of carbonyl (C=O) groups is 1. The fourth-order valence-electron chi connectivity index (χ4n) is 1.96. The Morgan fingerprint density at radius 2 is 2.08 bits per heavy atom. The second kappa shape index (κ2) is 4.09. The van der Waals surface area contributed by atoms with Gasteiger partial charge in [-0.15, -0.1) is 0 Å². The van der Waals surface area contributed by atoms with Crippen LogP contribution in [0.1, 0.15) is 39.5 Å². The minimum Gasteiger partial charge on any atom is -0.464 e. The molecule has 1 aliphatic rings. The van der Waals surface area contributed by atoms with E-state index in [0.29, 0.717) is 6.61 Å². The van der Waals surface area contributed by atoms with Gasteiger partial charge in [0, 0.05) is 5.41 Å². The summed E-state index contributed by atoms with van der Waals surface area (Å²) in [6.07, 6.45) is 3.12. The maximum Gasteiger partial charge on any atom is 0.335 e. The molecule has 3 nitrogen and oxygen atoms in total. The summed E-state index contributed by atoms with van der Waals surface area (Å²) in [5.41, 5.74) is -0.244. The quantitative estimate of drug-likeness (QED) is 0.679. The number of aliphatic hydroxyl groups is 1. The first-order chi connectivity index (χ1) is 6.10. The minimum absolute atomic E-state index is 0.244. The SMILES string of the molecule is CCOC(=O)C(O)C1(C)CCCC1. The van der Waals surface area contributed by atoms with Crippen molar-refractivity contribution in [2.75, 3.05) is 6.61 Å². The predicted octanol–water partition coefficient (Wildman–Crippen LogP) is 1.49. The van der Waals surface area contributed by atoms with E-state index in [2.05, 4.69) is 0 Å². The zero-order valence-corrected chi connectivity index (χ0v) is 8.38. The van der Waals surface area contributed by atoms with E-state index in [1.807, 2.05) is 6.92 Å².